The molecule has 8 heteroatoms. The van der Waals surface area contributed by atoms with Gasteiger partial charge in [0.15, 0.2) is 5.82 Å². The van der Waals surface area contributed by atoms with E-state index in [1.165, 1.54) is 12.1 Å². The van der Waals surface area contributed by atoms with E-state index in [-0.39, 0.29) is 0 Å². The summed E-state index contributed by atoms with van der Waals surface area (Å²) >= 11 is 0. The Morgan fingerprint density at radius 3 is 2.59 bits per heavy atom. The summed E-state index contributed by atoms with van der Waals surface area (Å²) in [5, 5.41) is 0. The van der Waals surface area contributed by atoms with Crippen LogP contribution < -0.4 is 0 Å². The summed E-state index contributed by atoms with van der Waals surface area (Å²) < 4.78 is 38.1. The number of hydrogen-bond acceptors (Lipinski definition) is 4. The molecular formula is C19H18F3N5. The smallest absolute Gasteiger partial charge is 0.348 e. The predicted molar refractivity (Wildman–Crippen MR) is 93.6 cm³/mol. The number of alkyl halides is 3. The standard InChI is InChI=1S/C19H18F3N5/c1-12-17(25-11-24-12)10-27-7-6-16-14(9-27)8-23-18(26-16)13-2-4-15(5-3-13)19(20,21)22/h2-5,8,11H,6-7,9-10H2,1H3,(H,24,25). The van der Waals surface area contributed by atoms with Crippen molar-refractivity contribution < 1.29 is 13.2 Å². The zero-order valence-corrected chi connectivity index (χ0v) is 14.7. The fourth-order valence-corrected chi connectivity index (χ4v) is 3.22. The van der Waals surface area contributed by atoms with Crippen LogP contribution in [0.4, 0.5) is 13.2 Å². The summed E-state index contributed by atoms with van der Waals surface area (Å²) in [7, 11) is 0. The third-order valence-corrected chi connectivity index (χ3v) is 4.79. The van der Waals surface area contributed by atoms with Crippen LogP contribution in [0.2, 0.25) is 0 Å². The number of imidazole rings is 1. The Kier molecular flexibility index (Phi) is 4.43. The molecule has 5 nitrogen and oxygen atoms in total. The van der Waals surface area contributed by atoms with Crippen molar-refractivity contribution in [2.24, 2.45) is 0 Å². The molecule has 2 aromatic heterocycles. The molecule has 0 saturated carbocycles. The molecule has 0 amide bonds. The minimum atomic E-state index is -4.34. The van der Waals surface area contributed by atoms with Crippen molar-refractivity contribution >= 4 is 0 Å². The number of aromatic amines is 1. The Morgan fingerprint density at radius 2 is 1.93 bits per heavy atom. The lowest BCUT2D eigenvalue weighted by Gasteiger charge is -2.27. The first-order chi connectivity index (χ1) is 12.9. The third kappa shape index (κ3) is 3.71. The van der Waals surface area contributed by atoms with Gasteiger partial charge in [-0.15, -0.1) is 0 Å². The Balaban J connectivity index is 1.51. The van der Waals surface area contributed by atoms with Gasteiger partial charge in [-0.25, -0.2) is 15.0 Å². The van der Waals surface area contributed by atoms with E-state index in [0.717, 1.165) is 60.8 Å². The number of rotatable bonds is 3. The van der Waals surface area contributed by atoms with Gasteiger partial charge in [0, 0.05) is 49.1 Å². The molecule has 3 heterocycles. The van der Waals surface area contributed by atoms with Crippen LogP contribution in [0.15, 0.2) is 36.8 Å². The van der Waals surface area contributed by atoms with E-state index >= 15 is 0 Å². The molecule has 27 heavy (non-hydrogen) atoms. The van der Waals surface area contributed by atoms with Crippen LogP contribution in [0.3, 0.4) is 0 Å². The van der Waals surface area contributed by atoms with Gasteiger partial charge >= 0.3 is 6.18 Å². The van der Waals surface area contributed by atoms with E-state index in [0.29, 0.717) is 11.4 Å². The molecule has 0 atom stereocenters. The van der Waals surface area contributed by atoms with Crippen molar-refractivity contribution in [2.45, 2.75) is 32.6 Å². The normalized spacial score (nSPS) is 15.0. The van der Waals surface area contributed by atoms with Crippen LogP contribution in [0.25, 0.3) is 11.4 Å². The average molecular weight is 373 g/mol. The first kappa shape index (κ1) is 17.7. The van der Waals surface area contributed by atoms with Crippen LogP contribution in [0.5, 0.6) is 0 Å². The number of benzene rings is 1. The molecule has 0 bridgehead atoms. The number of fused-ring (bicyclic) bond motifs is 1. The minimum absolute atomic E-state index is 0.457. The highest BCUT2D eigenvalue weighted by atomic mass is 19.4. The zero-order valence-electron chi connectivity index (χ0n) is 14.7. The average Bonchev–Trinajstić information content (AvgIpc) is 3.05. The van der Waals surface area contributed by atoms with Crippen molar-refractivity contribution in [3.05, 3.63) is 65.0 Å². The lowest BCUT2D eigenvalue weighted by molar-refractivity contribution is -0.137. The summed E-state index contributed by atoms with van der Waals surface area (Å²) in [5.41, 5.74) is 4.00. The lowest BCUT2D eigenvalue weighted by Crippen LogP contribution is -2.31. The number of hydrogen-bond donors (Lipinski definition) is 1. The van der Waals surface area contributed by atoms with Gasteiger partial charge in [0.2, 0.25) is 0 Å². The largest absolute Gasteiger partial charge is 0.416 e. The molecule has 1 aromatic carbocycles. The Labute approximate surface area is 154 Å². The molecule has 0 saturated heterocycles. The maximum absolute atomic E-state index is 12.7. The summed E-state index contributed by atoms with van der Waals surface area (Å²) in [6.45, 7) is 4.34. The Morgan fingerprint density at radius 1 is 1.15 bits per heavy atom. The van der Waals surface area contributed by atoms with Gasteiger partial charge in [-0.3, -0.25) is 4.90 Å². The number of H-pyrrole nitrogens is 1. The second-order valence-electron chi connectivity index (χ2n) is 6.68. The summed E-state index contributed by atoms with van der Waals surface area (Å²) in [5.74, 6) is 0.457. The minimum Gasteiger partial charge on any atom is -0.348 e. The number of halogens is 3. The highest BCUT2D eigenvalue weighted by Crippen LogP contribution is 2.30. The summed E-state index contributed by atoms with van der Waals surface area (Å²) in [6.07, 6.45) is -0.0960. The molecule has 4 rings (SSSR count). The Hall–Kier alpha value is -2.74. The van der Waals surface area contributed by atoms with E-state index < -0.39 is 11.7 Å². The van der Waals surface area contributed by atoms with Crippen LogP contribution in [0, 0.1) is 6.92 Å². The second-order valence-corrected chi connectivity index (χ2v) is 6.68. The summed E-state index contributed by atoms with van der Waals surface area (Å²) in [4.78, 5) is 18.6. The van der Waals surface area contributed by atoms with Gasteiger partial charge in [0.25, 0.3) is 0 Å². The molecule has 3 aromatic rings. The predicted octanol–water partition coefficient (Wildman–Crippen LogP) is 3.75. The zero-order chi connectivity index (χ0) is 19.0. The second kappa shape index (κ2) is 6.77. The molecule has 1 aliphatic rings. The van der Waals surface area contributed by atoms with Gasteiger partial charge in [0.05, 0.1) is 23.3 Å². The molecule has 0 aliphatic carbocycles. The fraction of sp³-hybridized carbons (Fsp3) is 0.316. The maximum Gasteiger partial charge on any atom is 0.416 e. The molecule has 0 fully saturated rings. The monoisotopic (exact) mass is 373 g/mol. The molecular weight excluding hydrogens is 355 g/mol. The first-order valence-electron chi connectivity index (χ1n) is 8.64. The van der Waals surface area contributed by atoms with Gasteiger partial charge in [-0.05, 0) is 19.1 Å². The van der Waals surface area contributed by atoms with E-state index in [4.69, 9.17) is 0 Å². The van der Waals surface area contributed by atoms with Crippen LogP contribution >= 0.6 is 0 Å². The van der Waals surface area contributed by atoms with E-state index in [9.17, 15) is 13.2 Å². The number of aromatic nitrogens is 4. The van der Waals surface area contributed by atoms with E-state index in [2.05, 4.69) is 24.8 Å². The van der Waals surface area contributed by atoms with Gasteiger partial charge in [-0.2, -0.15) is 13.2 Å². The van der Waals surface area contributed by atoms with Gasteiger partial charge in [-0.1, -0.05) is 12.1 Å². The molecule has 140 valence electrons. The quantitative estimate of drug-likeness (QED) is 0.760. The SMILES string of the molecule is Cc1[nH]cnc1CN1CCc2nc(-c3ccc(C(F)(F)F)cc3)ncc2C1. The van der Waals surface area contributed by atoms with Crippen LogP contribution in [-0.4, -0.2) is 31.4 Å². The number of nitrogens with one attached hydrogen (secondary N) is 1. The molecule has 0 spiro atoms. The molecule has 0 radical (unpaired) electrons. The third-order valence-electron chi connectivity index (χ3n) is 4.79. The van der Waals surface area contributed by atoms with Crippen molar-refractivity contribution in [1.82, 2.24) is 24.8 Å². The summed E-state index contributed by atoms with van der Waals surface area (Å²) in [6, 6.07) is 4.96. The van der Waals surface area contributed by atoms with Gasteiger partial charge < -0.3 is 4.98 Å². The Bertz CT molecular complexity index is 947. The molecule has 0 unspecified atom stereocenters. The fourth-order valence-electron chi connectivity index (χ4n) is 3.22. The highest BCUT2D eigenvalue weighted by Gasteiger charge is 2.30. The van der Waals surface area contributed by atoms with Crippen molar-refractivity contribution in [3.63, 3.8) is 0 Å². The maximum atomic E-state index is 12.7. The van der Waals surface area contributed by atoms with Gasteiger partial charge in [0.1, 0.15) is 0 Å². The van der Waals surface area contributed by atoms with Crippen molar-refractivity contribution in [1.29, 1.82) is 0 Å². The van der Waals surface area contributed by atoms with Crippen molar-refractivity contribution in [2.75, 3.05) is 6.54 Å². The molecule has 1 N–H and O–H groups in total. The highest BCUT2D eigenvalue weighted by molar-refractivity contribution is 5.56. The lowest BCUT2D eigenvalue weighted by atomic mass is 10.1. The van der Waals surface area contributed by atoms with E-state index in [1.807, 2.05) is 6.92 Å². The van der Waals surface area contributed by atoms with Crippen LogP contribution in [-0.2, 0) is 25.7 Å². The van der Waals surface area contributed by atoms with E-state index in [1.54, 1.807) is 12.5 Å². The first-order valence-corrected chi connectivity index (χ1v) is 8.64. The van der Waals surface area contributed by atoms with Crippen LogP contribution in [0.1, 0.15) is 28.2 Å². The van der Waals surface area contributed by atoms with Crippen molar-refractivity contribution in [3.8, 4) is 11.4 Å². The number of nitrogens with zero attached hydrogens (tertiary/aromatic N) is 4. The number of aryl methyl sites for hydroxylation is 1. The topological polar surface area (TPSA) is 57.7 Å². The molecule has 1 aliphatic heterocycles.